The first-order valence-corrected chi connectivity index (χ1v) is 10.2. The van der Waals surface area contributed by atoms with Crippen LogP contribution in [0.3, 0.4) is 0 Å². The molecular weight excluding hydrogens is 424 g/mol. The zero-order chi connectivity index (χ0) is 22.5. The number of carboxylic acids is 1. The Kier molecular flexibility index (Phi) is 7.84. The summed E-state index contributed by atoms with van der Waals surface area (Å²) in [5.74, 6) is -1.42. The Morgan fingerprint density at radius 2 is 1.93 bits per heavy atom. The second kappa shape index (κ2) is 9.76. The average molecular weight is 446 g/mol. The molecule has 0 aliphatic carbocycles. The molecule has 1 aromatic carbocycles. The van der Waals surface area contributed by atoms with E-state index in [0.717, 1.165) is 17.8 Å². The van der Waals surface area contributed by atoms with E-state index in [1.54, 1.807) is 6.92 Å². The summed E-state index contributed by atoms with van der Waals surface area (Å²) in [4.78, 5) is 14.5. The number of benzene rings is 1. The molecule has 0 amide bonds. The quantitative estimate of drug-likeness (QED) is 0.400. The second-order valence-electron chi connectivity index (χ2n) is 6.85. The van der Waals surface area contributed by atoms with Gasteiger partial charge in [0.1, 0.15) is 11.9 Å². The molecule has 0 saturated carbocycles. The lowest BCUT2D eigenvalue weighted by Crippen LogP contribution is -2.43. The molecule has 0 fully saturated rings. The van der Waals surface area contributed by atoms with Crippen LogP contribution in [-0.4, -0.2) is 44.9 Å². The van der Waals surface area contributed by atoms with Crippen molar-refractivity contribution in [2.24, 2.45) is 5.73 Å². The van der Waals surface area contributed by atoms with Gasteiger partial charge >= 0.3 is 12.1 Å². The van der Waals surface area contributed by atoms with Crippen molar-refractivity contribution in [3.8, 4) is 11.1 Å². The third-order valence-corrected chi connectivity index (χ3v) is 5.67. The molecule has 2 atom stereocenters. The van der Waals surface area contributed by atoms with E-state index in [0.29, 0.717) is 16.7 Å². The first-order chi connectivity index (χ1) is 14.0. The number of nitrogens with zero attached hydrogens (tertiary/aromatic N) is 1. The molecule has 0 aliphatic rings. The van der Waals surface area contributed by atoms with E-state index in [1.165, 1.54) is 30.5 Å². The number of thioether (sulfide) groups is 1. The number of halogens is 4. The minimum Gasteiger partial charge on any atom is -0.480 e. The fourth-order valence-electron chi connectivity index (χ4n) is 2.82. The lowest BCUT2D eigenvalue weighted by Gasteiger charge is -2.30. The summed E-state index contributed by atoms with van der Waals surface area (Å²) >= 11 is 1.07. The Hall–Kier alpha value is -2.17. The lowest BCUT2D eigenvalue weighted by atomic mass is 9.93. The highest BCUT2D eigenvalue weighted by atomic mass is 32.2. The Morgan fingerprint density at radius 3 is 2.47 bits per heavy atom. The molecule has 0 bridgehead atoms. The minimum atomic E-state index is -4.95. The third kappa shape index (κ3) is 5.71. The smallest absolute Gasteiger partial charge is 0.423 e. The van der Waals surface area contributed by atoms with E-state index < -0.39 is 41.7 Å². The fraction of sp³-hybridized carbons (Fsp3) is 0.400. The summed E-state index contributed by atoms with van der Waals surface area (Å²) in [6.45, 7) is 1.67. The Morgan fingerprint density at radius 1 is 1.23 bits per heavy atom. The average Bonchev–Trinajstić information content (AvgIpc) is 2.66. The molecule has 30 heavy (non-hydrogen) atoms. The highest BCUT2D eigenvalue weighted by Gasteiger charge is 2.55. The van der Waals surface area contributed by atoms with Crippen LogP contribution in [0.15, 0.2) is 36.5 Å². The first-order valence-electron chi connectivity index (χ1n) is 9.04. The van der Waals surface area contributed by atoms with E-state index in [-0.39, 0.29) is 17.9 Å². The zero-order valence-corrected chi connectivity index (χ0v) is 16.9. The minimum absolute atomic E-state index is 0.0666. The summed E-state index contributed by atoms with van der Waals surface area (Å²) in [7, 11) is 0. The number of aliphatic hydroxyl groups is 1. The van der Waals surface area contributed by atoms with Gasteiger partial charge < -0.3 is 15.9 Å². The summed E-state index contributed by atoms with van der Waals surface area (Å²) in [6, 6.07) is 5.49. The maximum absolute atomic E-state index is 13.6. The van der Waals surface area contributed by atoms with Crippen LogP contribution in [0.1, 0.15) is 24.1 Å². The number of carbonyl (C=O) groups is 1. The van der Waals surface area contributed by atoms with Crippen LogP contribution in [0.25, 0.3) is 11.1 Å². The number of hydrogen-bond acceptors (Lipinski definition) is 5. The van der Waals surface area contributed by atoms with Gasteiger partial charge in [-0.25, -0.2) is 4.39 Å². The molecule has 2 aromatic rings. The standard InChI is InChI=1S/C20H22F4N2O3S/c1-12-10-14(21)3-4-15(12)13-2-5-17(26-11-13)19(29,20(22,23)24)7-9-30-8-6-16(25)18(27)28/h2-5,10-11,16,29H,6-9,25H2,1H3,(H,27,28). The van der Waals surface area contributed by atoms with Gasteiger partial charge in [-0.15, -0.1) is 0 Å². The largest absolute Gasteiger partial charge is 0.480 e. The van der Waals surface area contributed by atoms with Crippen LogP contribution >= 0.6 is 11.8 Å². The molecule has 1 heterocycles. The van der Waals surface area contributed by atoms with Crippen molar-refractivity contribution in [3.63, 3.8) is 0 Å². The molecule has 0 aliphatic heterocycles. The van der Waals surface area contributed by atoms with E-state index in [1.807, 2.05) is 0 Å². The highest BCUT2D eigenvalue weighted by molar-refractivity contribution is 7.99. The van der Waals surface area contributed by atoms with Crippen molar-refractivity contribution in [1.82, 2.24) is 4.98 Å². The van der Waals surface area contributed by atoms with Gasteiger partial charge in [0, 0.05) is 11.8 Å². The van der Waals surface area contributed by atoms with Crippen LogP contribution in [0.2, 0.25) is 0 Å². The topological polar surface area (TPSA) is 96.4 Å². The number of rotatable bonds is 9. The number of pyridine rings is 1. The molecule has 10 heteroatoms. The predicted molar refractivity (Wildman–Crippen MR) is 106 cm³/mol. The zero-order valence-electron chi connectivity index (χ0n) is 16.1. The molecule has 164 valence electrons. The monoisotopic (exact) mass is 446 g/mol. The van der Waals surface area contributed by atoms with Gasteiger partial charge in [0.25, 0.3) is 0 Å². The Labute approximate surface area is 175 Å². The Balaban J connectivity index is 2.13. The van der Waals surface area contributed by atoms with Crippen molar-refractivity contribution in [1.29, 1.82) is 0 Å². The van der Waals surface area contributed by atoms with Gasteiger partial charge in [-0.1, -0.05) is 12.1 Å². The Bertz CT molecular complexity index is 877. The number of aryl methyl sites for hydroxylation is 1. The van der Waals surface area contributed by atoms with Crippen LogP contribution < -0.4 is 5.73 Å². The van der Waals surface area contributed by atoms with E-state index in [4.69, 9.17) is 10.8 Å². The number of aromatic nitrogens is 1. The second-order valence-corrected chi connectivity index (χ2v) is 8.07. The molecular formula is C20H22F4N2O3S. The van der Waals surface area contributed by atoms with Crippen molar-refractivity contribution in [2.75, 3.05) is 11.5 Å². The van der Waals surface area contributed by atoms with E-state index in [9.17, 15) is 27.5 Å². The molecule has 1 aromatic heterocycles. The van der Waals surface area contributed by atoms with Crippen molar-refractivity contribution < 1.29 is 32.6 Å². The van der Waals surface area contributed by atoms with Gasteiger partial charge in [0.05, 0.1) is 5.69 Å². The van der Waals surface area contributed by atoms with Crippen molar-refractivity contribution >= 4 is 17.7 Å². The number of aliphatic carboxylic acids is 1. The number of carboxylic acid groups (broad SMARTS) is 1. The van der Waals surface area contributed by atoms with Gasteiger partial charge in [-0.2, -0.15) is 24.9 Å². The molecule has 4 N–H and O–H groups in total. The molecule has 0 radical (unpaired) electrons. The maximum Gasteiger partial charge on any atom is 0.423 e. The predicted octanol–water partition coefficient (Wildman–Crippen LogP) is 3.87. The molecule has 0 saturated heterocycles. The van der Waals surface area contributed by atoms with Crippen LogP contribution in [0.4, 0.5) is 17.6 Å². The fourth-order valence-corrected chi connectivity index (χ4v) is 3.88. The summed E-state index contributed by atoms with van der Waals surface area (Å²) in [5.41, 5.74) is 3.39. The SMILES string of the molecule is Cc1cc(F)ccc1-c1ccc(C(O)(CCSCCC(N)C(=O)O)C(F)(F)F)nc1. The third-order valence-electron chi connectivity index (χ3n) is 4.65. The summed E-state index contributed by atoms with van der Waals surface area (Å²) < 4.78 is 54.1. The van der Waals surface area contributed by atoms with Gasteiger partial charge in [-0.3, -0.25) is 9.78 Å². The lowest BCUT2D eigenvalue weighted by molar-refractivity contribution is -0.268. The molecule has 2 rings (SSSR count). The van der Waals surface area contributed by atoms with Crippen molar-refractivity contribution in [2.45, 2.75) is 37.6 Å². The molecule has 5 nitrogen and oxygen atoms in total. The number of nitrogens with two attached hydrogens (primary N) is 1. The summed E-state index contributed by atoms with van der Waals surface area (Å²) in [6.07, 6.45) is -4.28. The molecule has 0 spiro atoms. The highest BCUT2D eigenvalue weighted by Crippen LogP contribution is 2.42. The number of alkyl halides is 3. The van der Waals surface area contributed by atoms with Gasteiger partial charge in [0.15, 0.2) is 0 Å². The normalized spacial score (nSPS) is 14.9. The van der Waals surface area contributed by atoms with Crippen LogP contribution in [0, 0.1) is 12.7 Å². The first kappa shape index (κ1) is 24.1. The van der Waals surface area contributed by atoms with Gasteiger partial charge in [-0.05, 0) is 60.6 Å². The summed E-state index contributed by atoms with van der Waals surface area (Å²) in [5, 5.41) is 19.1. The molecule has 2 unspecified atom stereocenters. The number of hydrogen-bond donors (Lipinski definition) is 3. The van der Waals surface area contributed by atoms with Gasteiger partial charge in [0.2, 0.25) is 5.60 Å². The van der Waals surface area contributed by atoms with Crippen molar-refractivity contribution in [3.05, 3.63) is 53.6 Å². The van der Waals surface area contributed by atoms with Crippen LogP contribution in [0.5, 0.6) is 0 Å². The van der Waals surface area contributed by atoms with E-state index in [2.05, 4.69) is 4.98 Å². The maximum atomic E-state index is 13.6. The van der Waals surface area contributed by atoms with E-state index >= 15 is 0 Å². The van der Waals surface area contributed by atoms with Crippen LogP contribution in [-0.2, 0) is 10.4 Å².